The first kappa shape index (κ1) is 88.2. The summed E-state index contributed by atoms with van der Waals surface area (Å²) in [6, 6.07) is -0.844. The summed E-state index contributed by atoms with van der Waals surface area (Å²) in [5, 5.41) is 14.1. The highest BCUT2D eigenvalue weighted by molar-refractivity contribution is 7.47. The molecular weight excluding hydrogens is 1120 g/mol. The van der Waals surface area contributed by atoms with E-state index in [1.165, 1.54) is 392 Å². The van der Waals surface area contributed by atoms with Gasteiger partial charge >= 0.3 is 7.82 Å². The summed E-state index contributed by atoms with van der Waals surface area (Å²) in [5.74, 6) is -0.165. The van der Waals surface area contributed by atoms with Crippen LogP contribution in [0.25, 0.3) is 0 Å². The molecule has 0 radical (unpaired) electrons. The quantitative estimate of drug-likeness (QED) is 0.0243. The van der Waals surface area contributed by atoms with Gasteiger partial charge in [0.2, 0.25) is 5.91 Å². The van der Waals surface area contributed by atoms with Crippen molar-refractivity contribution in [3.63, 3.8) is 0 Å². The lowest BCUT2D eigenvalue weighted by molar-refractivity contribution is -0.870. The number of quaternary nitrogens is 1. The number of aliphatic hydroxyl groups excluding tert-OH is 1. The van der Waals surface area contributed by atoms with Crippen molar-refractivity contribution >= 4 is 13.7 Å². The van der Waals surface area contributed by atoms with Crippen molar-refractivity contribution in [1.29, 1.82) is 0 Å². The van der Waals surface area contributed by atoms with Gasteiger partial charge in [0.15, 0.2) is 0 Å². The average Bonchev–Trinajstić information content (AvgIpc) is 3.64. The number of nitrogens with zero attached hydrogens (tertiary/aromatic N) is 1. The number of phosphoric ester groups is 1. The molecule has 0 rings (SSSR count). The maximum Gasteiger partial charge on any atom is 0.472 e. The van der Waals surface area contributed by atoms with E-state index in [0.717, 1.165) is 32.1 Å². The van der Waals surface area contributed by atoms with Gasteiger partial charge in [0.1, 0.15) is 13.2 Å². The third-order valence-electron chi connectivity index (χ3n) is 19.3. The predicted molar refractivity (Wildman–Crippen MR) is 392 cm³/mol. The zero-order chi connectivity index (χ0) is 64.8. The fourth-order valence-corrected chi connectivity index (χ4v) is 13.7. The number of hydrogen-bond acceptors (Lipinski definition) is 5. The Hall–Kier alpha value is -0.760. The van der Waals surface area contributed by atoms with Gasteiger partial charge in [-0.2, -0.15) is 0 Å². The lowest BCUT2D eigenvalue weighted by Gasteiger charge is -2.25. The molecule has 0 aromatic carbocycles. The minimum absolute atomic E-state index is 0.0656. The Balaban J connectivity index is 3.87. The molecule has 0 fully saturated rings. The molecule has 0 saturated carbocycles. The van der Waals surface area contributed by atoms with Gasteiger partial charge in [-0.1, -0.05) is 431 Å². The van der Waals surface area contributed by atoms with Crippen LogP contribution in [0.3, 0.4) is 0 Å². The van der Waals surface area contributed by atoms with Crippen LogP contribution >= 0.6 is 7.82 Å². The molecule has 0 bridgehead atoms. The van der Waals surface area contributed by atoms with E-state index in [1.807, 2.05) is 27.2 Å². The van der Waals surface area contributed by atoms with Crippen LogP contribution < -0.4 is 5.32 Å². The van der Waals surface area contributed by atoms with E-state index >= 15 is 0 Å². The van der Waals surface area contributed by atoms with Crippen molar-refractivity contribution in [2.24, 2.45) is 0 Å². The lowest BCUT2D eigenvalue weighted by Crippen LogP contribution is -2.45. The maximum absolute atomic E-state index is 13.1. The van der Waals surface area contributed by atoms with Gasteiger partial charge in [0.25, 0.3) is 0 Å². The molecule has 1 amide bonds. The summed E-state index contributed by atoms with van der Waals surface area (Å²) in [5.41, 5.74) is 0. The largest absolute Gasteiger partial charge is 0.472 e. The zero-order valence-electron chi connectivity index (χ0n) is 61.2. The Morgan fingerprint density at radius 3 is 0.831 bits per heavy atom. The van der Waals surface area contributed by atoms with Gasteiger partial charge in [0.05, 0.1) is 39.9 Å². The normalized spacial score (nSPS) is 13.5. The van der Waals surface area contributed by atoms with Gasteiger partial charge in [-0.15, -0.1) is 0 Å². The molecule has 89 heavy (non-hydrogen) atoms. The maximum atomic E-state index is 13.1. The van der Waals surface area contributed by atoms with Gasteiger partial charge in [-0.25, -0.2) is 4.57 Å². The molecule has 0 saturated heterocycles. The Morgan fingerprint density at radius 2 is 0.596 bits per heavy atom. The van der Waals surface area contributed by atoms with E-state index in [1.54, 1.807) is 6.08 Å². The Kier molecular flexibility index (Phi) is 70.9. The molecule has 0 aromatic heterocycles. The van der Waals surface area contributed by atoms with Crippen molar-refractivity contribution in [2.45, 2.75) is 456 Å². The van der Waals surface area contributed by atoms with Crippen molar-refractivity contribution in [2.75, 3.05) is 40.9 Å². The third kappa shape index (κ3) is 74.5. The molecule has 0 aromatic rings. The summed E-state index contributed by atoms with van der Waals surface area (Å²) in [7, 11) is 1.60. The predicted octanol–water partition coefficient (Wildman–Crippen LogP) is 26.4. The summed E-state index contributed by atoms with van der Waals surface area (Å²) in [6.45, 7) is 4.90. The molecule has 0 heterocycles. The topological polar surface area (TPSA) is 105 Å². The van der Waals surface area contributed by atoms with Crippen LogP contribution in [0.1, 0.15) is 444 Å². The highest BCUT2D eigenvalue weighted by Crippen LogP contribution is 2.43. The molecule has 3 N–H and O–H groups in total. The molecule has 532 valence electrons. The molecule has 3 atom stereocenters. The van der Waals surface area contributed by atoms with Crippen LogP contribution in [0.15, 0.2) is 12.2 Å². The van der Waals surface area contributed by atoms with E-state index in [4.69, 9.17) is 9.05 Å². The van der Waals surface area contributed by atoms with Crippen LogP contribution in [-0.4, -0.2) is 73.4 Å². The van der Waals surface area contributed by atoms with E-state index in [2.05, 4.69) is 19.2 Å². The van der Waals surface area contributed by atoms with E-state index in [-0.39, 0.29) is 19.1 Å². The number of nitrogens with one attached hydrogen (secondary N) is 1. The number of likely N-dealkylation sites (N-methyl/N-ethyl adjacent to an activating group) is 1. The number of hydrogen-bond donors (Lipinski definition) is 3. The fourth-order valence-electron chi connectivity index (χ4n) is 13.0. The highest BCUT2D eigenvalue weighted by Gasteiger charge is 2.28. The molecule has 8 nitrogen and oxygen atoms in total. The number of amides is 1. The average molecular weight is 1280 g/mol. The summed E-state index contributed by atoms with van der Waals surface area (Å²) in [6.07, 6.45) is 94.2. The first-order valence-electron chi connectivity index (χ1n) is 40.6. The third-order valence-corrected chi connectivity index (χ3v) is 20.2. The fraction of sp³-hybridized carbons (Fsp3) is 0.963. The van der Waals surface area contributed by atoms with Crippen molar-refractivity contribution in [3.8, 4) is 0 Å². The Bertz CT molecular complexity index is 1460. The first-order chi connectivity index (χ1) is 43.5. The second-order valence-corrected chi connectivity index (χ2v) is 31.0. The van der Waals surface area contributed by atoms with E-state index in [9.17, 15) is 19.4 Å². The van der Waals surface area contributed by atoms with Gasteiger partial charge < -0.3 is 19.8 Å². The molecular formula is C80H162N2O6P+. The van der Waals surface area contributed by atoms with Crippen LogP contribution in [-0.2, 0) is 18.4 Å². The summed E-state index contributed by atoms with van der Waals surface area (Å²) >= 11 is 0. The minimum Gasteiger partial charge on any atom is -0.387 e. The van der Waals surface area contributed by atoms with Gasteiger partial charge in [-0.05, 0) is 19.3 Å². The van der Waals surface area contributed by atoms with Gasteiger partial charge in [-0.3, -0.25) is 13.8 Å². The summed E-state index contributed by atoms with van der Waals surface area (Å²) in [4.78, 5) is 23.5. The van der Waals surface area contributed by atoms with Crippen molar-refractivity contribution in [3.05, 3.63) is 12.2 Å². The van der Waals surface area contributed by atoms with Crippen LogP contribution in [0.4, 0.5) is 0 Å². The molecule has 0 aliphatic carbocycles. The van der Waals surface area contributed by atoms with Crippen LogP contribution in [0.2, 0.25) is 0 Å². The number of carbonyl (C=O) groups excluding carboxylic acids is 1. The minimum atomic E-state index is -4.35. The molecule has 9 heteroatoms. The van der Waals surface area contributed by atoms with E-state index < -0.39 is 20.0 Å². The van der Waals surface area contributed by atoms with Crippen LogP contribution in [0, 0.1) is 0 Å². The standard InChI is InChI=1S/C80H161N2O6P/c1-6-8-10-12-14-16-18-20-22-24-26-28-30-32-34-35-36-37-38-39-40-41-42-43-44-45-46-47-48-50-52-54-56-58-60-62-64-66-68-70-72-74-80(84)81-78(77-88-89(85,86)87-76-75-82(3,4)5)79(83)73-71-69-67-65-63-61-59-57-55-53-51-49-33-31-29-27-25-23-21-19-17-15-13-11-9-7-2/h71,73,78-79,83H,6-70,72,74-77H2,1-5H3,(H-,81,84,85,86)/p+1/b73-71+. The second-order valence-electron chi connectivity index (χ2n) is 29.5. The van der Waals surface area contributed by atoms with Gasteiger partial charge in [0, 0.05) is 6.42 Å². The Morgan fingerprint density at radius 1 is 0.371 bits per heavy atom. The Labute approximate surface area is 558 Å². The summed E-state index contributed by atoms with van der Waals surface area (Å²) < 4.78 is 23.9. The molecule has 0 spiro atoms. The molecule has 3 unspecified atom stereocenters. The first-order valence-corrected chi connectivity index (χ1v) is 42.1. The smallest absolute Gasteiger partial charge is 0.387 e. The monoisotopic (exact) mass is 1280 g/mol. The molecule has 0 aliphatic rings. The SMILES string of the molecule is CCCCCCCCCCCCCCCCCCCCCCCCCC/C=C/C(O)C(COP(=O)(O)OCC[N+](C)(C)C)NC(=O)CCCCCCCCCCCCCCCCCCCCCCCCCCCCCCCCCCCCCCCCCCC. The number of aliphatic hydroxyl groups is 1. The molecule has 0 aliphatic heterocycles. The zero-order valence-corrected chi connectivity index (χ0v) is 62.1. The second kappa shape index (κ2) is 71.5. The van der Waals surface area contributed by atoms with E-state index in [0.29, 0.717) is 17.4 Å². The lowest BCUT2D eigenvalue weighted by atomic mass is 10.0. The van der Waals surface area contributed by atoms with Crippen molar-refractivity contribution < 1.29 is 32.9 Å². The number of phosphoric acid groups is 1. The highest BCUT2D eigenvalue weighted by atomic mass is 31.2. The van der Waals surface area contributed by atoms with Crippen molar-refractivity contribution in [1.82, 2.24) is 5.32 Å². The number of carbonyl (C=O) groups is 1. The number of rotatable bonds is 77. The van der Waals surface area contributed by atoms with Crippen LogP contribution in [0.5, 0.6) is 0 Å². The number of allylic oxidation sites excluding steroid dienone is 1. The number of unbranched alkanes of at least 4 members (excludes halogenated alkanes) is 64.